The fraction of sp³-hybridized carbons (Fsp3) is 0.333. The molecule has 0 amide bonds. The van der Waals surface area contributed by atoms with Crippen molar-refractivity contribution in [2.45, 2.75) is 32.9 Å². The molecule has 6 heteroatoms. The van der Waals surface area contributed by atoms with Gasteiger partial charge in [0.15, 0.2) is 5.75 Å². The fourth-order valence-electron chi connectivity index (χ4n) is 2.38. The second-order valence-electron chi connectivity index (χ2n) is 5.75. The smallest absolute Gasteiger partial charge is 0.311 e. The van der Waals surface area contributed by atoms with Crippen molar-refractivity contribution in [3.8, 4) is 11.5 Å². The van der Waals surface area contributed by atoms with Crippen molar-refractivity contribution in [2.75, 3.05) is 12.4 Å². The highest BCUT2D eigenvalue weighted by Gasteiger charge is 2.16. The number of benzene rings is 2. The van der Waals surface area contributed by atoms with Crippen LogP contribution in [0.3, 0.4) is 0 Å². The van der Waals surface area contributed by atoms with Crippen LogP contribution >= 0.6 is 0 Å². The highest BCUT2D eigenvalue weighted by atomic mass is 16.6. The standard InChI is InChI=1S/C18H22N2O4/c1-12(2)24-16-7-5-6-14(10-16)13(3)19-15-8-9-17(20(21)22)18(11-15)23-4/h5-13,19H,1-4H3. The third-order valence-corrected chi connectivity index (χ3v) is 3.49. The van der Waals surface area contributed by atoms with Gasteiger partial charge in [-0.2, -0.15) is 0 Å². The second kappa shape index (κ2) is 7.68. The first-order valence-electron chi connectivity index (χ1n) is 7.76. The Morgan fingerprint density at radius 3 is 2.50 bits per heavy atom. The van der Waals surface area contributed by atoms with E-state index in [0.717, 1.165) is 17.0 Å². The highest BCUT2D eigenvalue weighted by Crippen LogP contribution is 2.31. The Labute approximate surface area is 141 Å². The molecule has 0 radical (unpaired) electrons. The van der Waals surface area contributed by atoms with Gasteiger partial charge in [0.2, 0.25) is 0 Å². The van der Waals surface area contributed by atoms with Crippen LogP contribution in [-0.2, 0) is 0 Å². The lowest BCUT2D eigenvalue weighted by molar-refractivity contribution is -0.385. The largest absolute Gasteiger partial charge is 0.491 e. The van der Waals surface area contributed by atoms with Crippen molar-refractivity contribution < 1.29 is 14.4 Å². The van der Waals surface area contributed by atoms with Crippen LogP contribution in [0.4, 0.5) is 11.4 Å². The minimum Gasteiger partial charge on any atom is -0.491 e. The molecule has 1 unspecified atom stereocenters. The zero-order chi connectivity index (χ0) is 17.7. The fourth-order valence-corrected chi connectivity index (χ4v) is 2.38. The van der Waals surface area contributed by atoms with Crippen molar-refractivity contribution in [3.63, 3.8) is 0 Å². The van der Waals surface area contributed by atoms with Gasteiger partial charge in [-0.15, -0.1) is 0 Å². The summed E-state index contributed by atoms with van der Waals surface area (Å²) < 4.78 is 10.8. The summed E-state index contributed by atoms with van der Waals surface area (Å²) >= 11 is 0. The molecule has 0 aliphatic carbocycles. The molecule has 0 aromatic heterocycles. The average Bonchev–Trinajstić information content (AvgIpc) is 2.54. The quantitative estimate of drug-likeness (QED) is 0.595. The Bertz CT molecular complexity index is 716. The summed E-state index contributed by atoms with van der Waals surface area (Å²) in [6, 6.07) is 12.6. The van der Waals surface area contributed by atoms with E-state index in [9.17, 15) is 10.1 Å². The number of ether oxygens (including phenoxy) is 2. The third kappa shape index (κ3) is 4.38. The highest BCUT2D eigenvalue weighted by molar-refractivity contribution is 5.58. The molecule has 1 N–H and O–H groups in total. The predicted molar refractivity (Wildman–Crippen MR) is 93.9 cm³/mol. The van der Waals surface area contributed by atoms with Crippen molar-refractivity contribution >= 4 is 11.4 Å². The molecule has 0 heterocycles. The van der Waals surface area contributed by atoms with Gasteiger partial charge >= 0.3 is 5.69 Å². The molecule has 24 heavy (non-hydrogen) atoms. The van der Waals surface area contributed by atoms with Crippen molar-refractivity contribution in [1.29, 1.82) is 0 Å². The van der Waals surface area contributed by atoms with Crippen LogP contribution in [0.2, 0.25) is 0 Å². The number of rotatable bonds is 7. The molecule has 0 spiro atoms. The summed E-state index contributed by atoms with van der Waals surface area (Å²) in [5.74, 6) is 1.05. The molecule has 1 atom stereocenters. The topological polar surface area (TPSA) is 73.6 Å². The van der Waals surface area contributed by atoms with Crippen LogP contribution in [0.1, 0.15) is 32.4 Å². The maximum Gasteiger partial charge on any atom is 0.311 e. The lowest BCUT2D eigenvalue weighted by atomic mass is 10.1. The molecule has 0 saturated carbocycles. The van der Waals surface area contributed by atoms with Crippen LogP contribution in [0.15, 0.2) is 42.5 Å². The molecule has 2 aromatic carbocycles. The van der Waals surface area contributed by atoms with E-state index in [-0.39, 0.29) is 23.6 Å². The predicted octanol–water partition coefficient (Wildman–Crippen LogP) is 4.56. The van der Waals surface area contributed by atoms with E-state index in [4.69, 9.17) is 9.47 Å². The molecule has 0 bridgehead atoms. The number of nitro groups is 1. The summed E-state index contributed by atoms with van der Waals surface area (Å²) in [5, 5.41) is 14.3. The lowest BCUT2D eigenvalue weighted by Crippen LogP contribution is -2.09. The third-order valence-electron chi connectivity index (χ3n) is 3.49. The summed E-state index contributed by atoms with van der Waals surface area (Å²) in [7, 11) is 1.42. The number of methoxy groups -OCH3 is 1. The van der Waals surface area contributed by atoms with E-state index in [1.54, 1.807) is 12.1 Å². The number of nitro benzene ring substituents is 1. The van der Waals surface area contributed by atoms with E-state index in [2.05, 4.69) is 5.32 Å². The molecule has 0 aliphatic heterocycles. The molecule has 6 nitrogen and oxygen atoms in total. The van der Waals surface area contributed by atoms with Crippen LogP contribution in [-0.4, -0.2) is 18.1 Å². The molecule has 0 fully saturated rings. The Balaban J connectivity index is 2.17. The Hall–Kier alpha value is -2.76. The zero-order valence-corrected chi connectivity index (χ0v) is 14.3. The second-order valence-corrected chi connectivity index (χ2v) is 5.75. The van der Waals surface area contributed by atoms with Crippen LogP contribution in [0.25, 0.3) is 0 Å². The van der Waals surface area contributed by atoms with Gasteiger partial charge in [-0.1, -0.05) is 12.1 Å². The van der Waals surface area contributed by atoms with Gasteiger partial charge in [0, 0.05) is 23.9 Å². The number of nitrogens with one attached hydrogen (secondary N) is 1. The summed E-state index contributed by atoms with van der Waals surface area (Å²) in [6.45, 7) is 5.98. The van der Waals surface area contributed by atoms with Gasteiger partial charge in [-0.3, -0.25) is 10.1 Å². The molecular formula is C18H22N2O4. The molecule has 128 valence electrons. The first-order chi connectivity index (χ1) is 11.4. The van der Waals surface area contributed by atoms with Gasteiger partial charge < -0.3 is 14.8 Å². The molecule has 2 aromatic rings. The van der Waals surface area contributed by atoms with Gasteiger partial charge in [0.05, 0.1) is 18.1 Å². The Morgan fingerprint density at radius 2 is 1.88 bits per heavy atom. The maximum atomic E-state index is 11.0. The molecule has 0 saturated heterocycles. The molecular weight excluding hydrogens is 308 g/mol. The van der Waals surface area contributed by atoms with E-state index >= 15 is 0 Å². The van der Waals surface area contributed by atoms with Gasteiger partial charge in [-0.05, 0) is 44.5 Å². The minimum atomic E-state index is -0.460. The summed E-state index contributed by atoms with van der Waals surface area (Å²) in [4.78, 5) is 10.5. The monoisotopic (exact) mass is 330 g/mol. The summed E-state index contributed by atoms with van der Waals surface area (Å²) in [5.41, 5.74) is 1.76. The van der Waals surface area contributed by atoms with Crippen LogP contribution in [0, 0.1) is 10.1 Å². The first kappa shape index (κ1) is 17.6. The average molecular weight is 330 g/mol. The SMILES string of the molecule is COc1cc(NC(C)c2cccc(OC(C)C)c2)ccc1[N+](=O)[O-]. The summed E-state index contributed by atoms with van der Waals surface area (Å²) in [6.07, 6.45) is 0.113. The van der Waals surface area contributed by atoms with Gasteiger partial charge in [0.1, 0.15) is 5.75 Å². The van der Waals surface area contributed by atoms with E-state index in [1.165, 1.54) is 13.2 Å². The van der Waals surface area contributed by atoms with Crippen molar-refractivity contribution in [2.24, 2.45) is 0 Å². The van der Waals surface area contributed by atoms with Crippen LogP contribution < -0.4 is 14.8 Å². The number of hydrogen-bond donors (Lipinski definition) is 1. The number of anilines is 1. The van der Waals surface area contributed by atoms with Crippen LogP contribution in [0.5, 0.6) is 11.5 Å². The number of nitrogens with zero attached hydrogens (tertiary/aromatic N) is 1. The Morgan fingerprint density at radius 1 is 1.12 bits per heavy atom. The van der Waals surface area contributed by atoms with Gasteiger partial charge in [-0.25, -0.2) is 0 Å². The Kier molecular flexibility index (Phi) is 5.63. The maximum absolute atomic E-state index is 11.0. The molecule has 0 aliphatic rings. The first-order valence-corrected chi connectivity index (χ1v) is 7.76. The van der Waals surface area contributed by atoms with Gasteiger partial charge in [0.25, 0.3) is 0 Å². The zero-order valence-electron chi connectivity index (χ0n) is 14.3. The van der Waals surface area contributed by atoms with E-state index < -0.39 is 4.92 Å². The lowest BCUT2D eigenvalue weighted by Gasteiger charge is -2.18. The van der Waals surface area contributed by atoms with E-state index in [1.807, 2.05) is 45.0 Å². The van der Waals surface area contributed by atoms with Crippen molar-refractivity contribution in [1.82, 2.24) is 0 Å². The normalized spacial score (nSPS) is 11.9. The minimum absolute atomic E-state index is 0.00637. The van der Waals surface area contributed by atoms with Crippen molar-refractivity contribution in [3.05, 3.63) is 58.1 Å². The number of hydrogen-bond acceptors (Lipinski definition) is 5. The molecule has 2 rings (SSSR count). The van der Waals surface area contributed by atoms with E-state index in [0.29, 0.717) is 0 Å².